The van der Waals surface area contributed by atoms with Crippen LogP contribution in [0, 0.1) is 17.8 Å². The van der Waals surface area contributed by atoms with Crippen molar-refractivity contribution in [3.05, 3.63) is 0 Å². The Morgan fingerprint density at radius 2 is 1.39 bits per heavy atom. The first-order valence-corrected chi connectivity index (χ1v) is 7.88. The Morgan fingerprint density at radius 1 is 0.889 bits per heavy atom. The third-order valence-electron chi connectivity index (χ3n) is 5.26. The minimum atomic E-state index is 0.287. The molecule has 0 aromatic carbocycles. The Morgan fingerprint density at radius 3 is 1.89 bits per heavy atom. The van der Waals surface area contributed by atoms with E-state index in [9.17, 15) is 4.79 Å². The lowest BCUT2D eigenvalue weighted by Crippen LogP contribution is -2.21. The summed E-state index contributed by atoms with van der Waals surface area (Å²) in [4.78, 5) is 14.1. The summed E-state index contributed by atoms with van der Waals surface area (Å²) >= 11 is 0. The lowest BCUT2D eigenvalue weighted by molar-refractivity contribution is 0.204. The minimum absolute atomic E-state index is 0.287. The van der Waals surface area contributed by atoms with Crippen LogP contribution in [0.25, 0.3) is 0 Å². The highest BCUT2D eigenvalue weighted by molar-refractivity contribution is 5.33. The predicted molar refractivity (Wildman–Crippen MR) is 74.2 cm³/mol. The molecule has 0 saturated heterocycles. The van der Waals surface area contributed by atoms with Gasteiger partial charge in [0.15, 0.2) is 0 Å². The van der Waals surface area contributed by atoms with Gasteiger partial charge in [-0.25, -0.2) is 9.79 Å². The van der Waals surface area contributed by atoms with Gasteiger partial charge in [0.1, 0.15) is 0 Å². The summed E-state index contributed by atoms with van der Waals surface area (Å²) in [6.07, 6.45) is 15.2. The second-order valence-electron chi connectivity index (χ2n) is 6.43. The van der Waals surface area contributed by atoms with E-state index in [0.717, 1.165) is 30.6 Å². The monoisotopic (exact) mass is 249 g/mol. The molecule has 0 unspecified atom stereocenters. The first-order chi connectivity index (χ1) is 8.81. The Balaban J connectivity index is 1.67. The van der Waals surface area contributed by atoms with Gasteiger partial charge in [-0.3, -0.25) is 0 Å². The Kier molecular flexibility index (Phi) is 5.44. The van der Waals surface area contributed by atoms with Crippen molar-refractivity contribution in [1.29, 1.82) is 0 Å². The smallest absolute Gasteiger partial charge is 0.211 e. The molecule has 2 nitrogen and oxygen atoms in total. The lowest BCUT2D eigenvalue weighted by Gasteiger charge is -2.32. The molecular weight excluding hydrogens is 222 g/mol. The van der Waals surface area contributed by atoms with Crippen molar-refractivity contribution in [1.82, 2.24) is 0 Å². The van der Waals surface area contributed by atoms with Crippen LogP contribution in [0.15, 0.2) is 4.99 Å². The average molecular weight is 249 g/mol. The molecular formula is C16H27NO. The largest absolute Gasteiger partial charge is 0.235 e. The van der Waals surface area contributed by atoms with Crippen LogP contribution in [0.3, 0.4) is 0 Å². The molecule has 2 rings (SSSR count). The number of rotatable bonds is 4. The van der Waals surface area contributed by atoms with E-state index in [1.807, 2.05) is 0 Å². The number of hydrogen-bond acceptors (Lipinski definition) is 2. The number of isocyanates is 1. The van der Waals surface area contributed by atoms with Crippen LogP contribution in [0.5, 0.6) is 0 Å². The molecule has 102 valence electrons. The summed E-state index contributed by atoms with van der Waals surface area (Å²) in [7, 11) is 0. The number of nitrogens with zero attached hydrogens (tertiary/aromatic N) is 1. The fraction of sp³-hybridized carbons (Fsp3) is 0.938. The SMILES string of the molecule is CCC1CCC(CC2CCC(N=C=O)CC2)CC1. The van der Waals surface area contributed by atoms with Crippen LogP contribution in [0.4, 0.5) is 0 Å². The van der Waals surface area contributed by atoms with Crippen LogP contribution < -0.4 is 0 Å². The molecule has 0 aliphatic heterocycles. The maximum atomic E-state index is 10.2. The van der Waals surface area contributed by atoms with Gasteiger partial charge in [-0.05, 0) is 49.9 Å². The van der Waals surface area contributed by atoms with Crippen LogP contribution in [0.2, 0.25) is 0 Å². The number of hydrogen-bond donors (Lipinski definition) is 0. The summed E-state index contributed by atoms with van der Waals surface area (Å²) < 4.78 is 0. The van der Waals surface area contributed by atoms with Gasteiger partial charge in [0.25, 0.3) is 0 Å². The van der Waals surface area contributed by atoms with Crippen LogP contribution >= 0.6 is 0 Å². The highest BCUT2D eigenvalue weighted by Gasteiger charge is 2.26. The molecule has 0 heterocycles. The van der Waals surface area contributed by atoms with E-state index in [4.69, 9.17) is 0 Å². The third kappa shape index (κ3) is 3.95. The predicted octanol–water partition coefficient (Wildman–Crippen LogP) is 4.49. The fourth-order valence-electron chi connectivity index (χ4n) is 3.93. The molecule has 0 aromatic heterocycles. The van der Waals surface area contributed by atoms with Crippen LogP contribution in [-0.4, -0.2) is 12.1 Å². The molecule has 18 heavy (non-hydrogen) atoms. The fourth-order valence-corrected chi connectivity index (χ4v) is 3.93. The van der Waals surface area contributed by atoms with Crippen molar-refractivity contribution < 1.29 is 4.79 Å². The van der Waals surface area contributed by atoms with Gasteiger partial charge in [0.2, 0.25) is 6.08 Å². The van der Waals surface area contributed by atoms with E-state index in [0.29, 0.717) is 0 Å². The van der Waals surface area contributed by atoms with Gasteiger partial charge in [-0.15, -0.1) is 0 Å². The molecule has 0 aromatic rings. The van der Waals surface area contributed by atoms with Crippen molar-refractivity contribution in [2.45, 2.75) is 77.2 Å². The normalized spacial score (nSPS) is 36.9. The first-order valence-electron chi connectivity index (χ1n) is 7.88. The minimum Gasteiger partial charge on any atom is -0.211 e. The molecule has 0 amide bonds. The quantitative estimate of drug-likeness (QED) is 0.533. The molecule has 2 heteroatoms. The van der Waals surface area contributed by atoms with Crippen molar-refractivity contribution in [2.24, 2.45) is 22.7 Å². The van der Waals surface area contributed by atoms with E-state index < -0.39 is 0 Å². The van der Waals surface area contributed by atoms with Crippen molar-refractivity contribution in [2.75, 3.05) is 0 Å². The molecule has 2 aliphatic carbocycles. The second-order valence-corrected chi connectivity index (χ2v) is 6.43. The topological polar surface area (TPSA) is 29.4 Å². The van der Waals surface area contributed by atoms with Gasteiger partial charge < -0.3 is 0 Å². The zero-order chi connectivity index (χ0) is 12.8. The summed E-state index contributed by atoms with van der Waals surface area (Å²) in [6, 6.07) is 0.287. The Bertz CT molecular complexity index is 279. The van der Waals surface area contributed by atoms with Crippen LogP contribution in [0.1, 0.15) is 71.1 Å². The first kappa shape index (κ1) is 13.8. The van der Waals surface area contributed by atoms with E-state index in [2.05, 4.69) is 11.9 Å². The molecule has 0 radical (unpaired) electrons. The average Bonchev–Trinajstić information content (AvgIpc) is 2.42. The molecule has 0 bridgehead atoms. The summed E-state index contributed by atoms with van der Waals surface area (Å²) in [5, 5.41) is 0. The standard InChI is InChI=1S/C16H27NO/c1-2-13-3-5-14(6-4-13)11-15-7-9-16(10-8-15)17-12-18/h13-16H,2-11H2,1H3. The number of aliphatic imine (C=N–C) groups is 1. The Hall–Kier alpha value is -0.620. The maximum Gasteiger partial charge on any atom is 0.235 e. The number of carbonyl (C=O) groups excluding carboxylic acids is 1. The van der Waals surface area contributed by atoms with Crippen molar-refractivity contribution >= 4 is 6.08 Å². The molecule has 0 atom stereocenters. The van der Waals surface area contributed by atoms with Gasteiger partial charge >= 0.3 is 0 Å². The molecule has 2 saturated carbocycles. The highest BCUT2D eigenvalue weighted by atomic mass is 16.1. The summed E-state index contributed by atoms with van der Waals surface area (Å²) in [5.74, 6) is 2.91. The zero-order valence-corrected chi connectivity index (χ0v) is 11.7. The van der Waals surface area contributed by atoms with E-state index in [-0.39, 0.29) is 6.04 Å². The van der Waals surface area contributed by atoms with Crippen LogP contribution in [-0.2, 0) is 4.79 Å². The van der Waals surface area contributed by atoms with Crippen molar-refractivity contribution in [3.8, 4) is 0 Å². The van der Waals surface area contributed by atoms with E-state index >= 15 is 0 Å². The van der Waals surface area contributed by atoms with Gasteiger partial charge in [0, 0.05) is 0 Å². The second kappa shape index (κ2) is 7.09. The molecule has 2 aliphatic rings. The van der Waals surface area contributed by atoms with E-state index in [1.54, 1.807) is 6.08 Å². The highest BCUT2D eigenvalue weighted by Crippen LogP contribution is 2.38. The lowest BCUT2D eigenvalue weighted by atomic mass is 9.74. The summed E-state index contributed by atoms with van der Waals surface area (Å²) in [6.45, 7) is 2.33. The van der Waals surface area contributed by atoms with Crippen molar-refractivity contribution in [3.63, 3.8) is 0 Å². The maximum absolute atomic E-state index is 10.2. The summed E-state index contributed by atoms with van der Waals surface area (Å²) in [5.41, 5.74) is 0. The van der Waals surface area contributed by atoms with Gasteiger partial charge in [0.05, 0.1) is 6.04 Å². The van der Waals surface area contributed by atoms with Gasteiger partial charge in [-0.1, -0.05) is 39.0 Å². The Labute approximate surface area is 111 Å². The van der Waals surface area contributed by atoms with Gasteiger partial charge in [-0.2, -0.15) is 0 Å². The zero-order valence-electron chi connectivity index (χ0n) is 11.7. The molecule has 2 fully saturated rings. The molecule has 0 N–H and O–H groups in total. The van der Waals surface area contributed by atoms with E-state index in [1.165, 1.54) is 51.4 Å². The third-order valence-corrected chi connectivity index (χ3v) is 5.26. The molecule has 0 spiro atoms.